The SMILES string of the molecule is CCCCCCCCc1c(O)c(C(=O)O)cc2ccccc12. The summed E-state index contributed by atoms with van der Waals surface area (Å²) in [5.74, 6) is -1.15. The molecule has 0 aliphatic rings. The molecule has 0 saturated carbocycles. The molecule has 0 unspecified atom stereocenters. The Labute approximate surface area is 131 Å². The molecule has 0 aliphatic carbocycles. The maximum absolute atomic E-state index is 11.3. The summed E-state index contributed by atoms with van der Waals surface area (Å²) in [6.45, 7) is 2.20. The number of unbranched alkanes of at least 4 members (excludes halogenated alkanes) is 5. The van der Waals surface area contributed by atoms with E-state index in [0.29, 0.717) is 0 Å². The predicted molar refractivity (Wildman–Crippen MR) is 89.7 cm³/mol. The zero-order valence-corrected chi connectivity index (χ0v) is 13.1. The van der Waals surface area contributed by atoms with E-state index in [1.165, 1.54) is 25.7 Å². The van der Waals surface area contributed by atoms with Gasteiger partial charge in [-0.05, 0) is 29.7 Å². The van der Waals surface area contributed by atoms with Gasteiger partial charge in [0.15, 0.2) is 0 Å². The molecule has 0 radical (unpaired) electrons. The summed E-state index contributed by atoms with van der Waals surface area (Å²) in [6.07, 6.45) is 7.76. The first kappa shape index (κ1) is 16.3. The second-order valence-electron chi connectivity index (χ2n) is 5.80. The minimum absolute atomic E-state index is 0.000294. The van der Waals surface area contributed by atoms with Crippen LogP contribution in [0.1, 0.15) is 61.4 Å². The van der Waals surface area contributed by atoms with Gasteiger partial charge >= 0.3 is 5.97 Å². The summed E-state index contributed by atoms with van der Waals surface area (Å²) < 4.78 is 0. The van der Waals surface area contributed by atoms with Crippen molar-refractivity contribution >= 4 is 16.7 Å². The minimum atomic E-state index is -1.08. The van der Waals surface area contributed by atoms with Crippen LogP contribution >= 0.6 is 0 Å². The third-order valence-corrected chi connectivity index (χ3v) is 4.14. The highest BCUT2D eigenvalue weighted by Gasteiger charge is 2.16. The molecule has 22 heavy (non-hydrogen) atoms. The summed E-state index contributed by atoms with van der Waals surface area (Å²) in [6, 6.07) is 9.21. The highest BCUT2D eigenvalue weighted by molar-refractivity contribution is 5.99. The number of carboxylic acids is 1. The molecule has 2 aromatic carbocycles. The number of hydrogen-bond acceptors (Lipinski definition) is 2. The van der Waals surface area contributed by atoms with Gasteiger partial charge in [0.25, 0.3) is 0 Å². The lowest BCUT2D eigenvalue weighted by Crippen LogP contribution is -2.00. The average Bonchev–Trinajstić information content (AvgIpc) is 2.51. The minimum Gasteiger partial charge on any atom is -0.507 e. The Hall–Kier alpha value is -2.03. The van der Waals surface area contributed by atoms with E-state index in [2.05, 4.69) is 6.92 Å². The second kappa shape index (κ2) is 7.83. The monoisotopic (exact) mass is 300 g/mol. The smallest absolute Gasteiger partial charge is 0.339 e. The van der Waals surface area contributed by atoms with Crippen molar-refractivity contribution in [3.05, 3.63) is 41.5 Å². The molecule has 2 N–H and O–H groups in total. The molecule has 118 valence electrons. The van der Waals surface area contributed by atoms with Crippen molar-refractivity contribution in [1.82, 2.24) is 0 Å². The number of aryl methyl sites for hydroxylation is 1. The Morgan fingerprint density at radius 3 is 2.45 bits per heavy atom. The molecule has 3 heteroatoms. The van der Waals surface area contributed by atoms with E-state index in [1.54, 1.807) is 6.07 Å². The molecule has 0 atom stereocenters. The molecule has 2 rings (SSSR count). The first-order chi connectivity index (χ1) is 10.6. The van der Waals surface area contributed by atoms with Crippen molar-refractivity contribution < 1.29 is 15.0 Å². The average molecular weight is 300 g/mol. The maximum Gasteiger partial charge on any atom is 0.339 e. The van der Waals surface area contributed by atoms with Crippen LogP contribution in [0.15, 0.2) is 30.3 Å². The number of carbonyl (C=O) groups is 1. The standard InChI is InChI=1S/C19H24O3/c1-2-3-4-5-6-7-12-16-15-11-9-8-10-14(15)13-17(18(16)20)19(21)22/h8-11,13,20H,2-7,12H2,1H3,(H,21,22). The van der Waals surface area contributed by atoms with Crippen LogP contribution in [0.5, 0.6) is 5.75 Å². The number of fused-ring (bicyclic) bond motifs is 1. The highest BCUT2D eigenvalue weighted by atomic mass is 16.4. The predicted octanol–water partition coefficient (Wildman–Crippen LogP) is 5.15. The lowest BCUT2D eigenvalue weighted by atomic mass is 9.95. The van der Waals surface area contributed by atoms with Gasteiger partial charge in [0.1, 0.15) is 11.3 Å². The molecule has 0 bridgehead atoms. The first-order valence-corrected chi connectivity index (χ1v) is 8.12. The number of aromatic carboxylic acids is 1. The maximum atomic E-state index is 11.3. The fourth-order valence-corrected chi connectivity index (χ4v) is 2.91. The van der Waals surface area contributed by atoms with Crippen LogP contribution < -0.4 is 0 Å². The molecular weight excluding hydrogens is 276 g/mol. The Morgan fingerprint density at radius 2 is 1.73 bits per heavy atom. The van der Waals surface area contributed by atoms with Gasteiger partial charge in [-0.15, -0.1) is 0 Å². The van der Waals surface area contributed by atoms with E-state index in [0.717, 1.165) is 35.6 Å². The fourth-order valence-electron chi connectivity index (χ4n) is 2.91. The van der Waals surface area contributed by atoms with Crippen LogP contribution in [-0.4, -0.2) is 16.2 Å². The first-order valence-electron chi connectivity index (χ1n) is 8.12. The zero-order chi connectivity index (χ0) is 15.9. The zero-order valence-electron chi connectivity index (χ0n) is 13.1. The van der Waals surface area contributed by atoms with Crippen LogP contribution in [0, 0.1) is 0 Å². The molecule has 3 nitrogen and oxygen atoms in total. The van der Waals surface area contributed by atoms with Gasteiger partial charge in [-0.25, -0.2) is 4.79 Å². The summed E-state index contributed by atoms with van der Waals surface area (Å²) in [4.78, 5) is 11.3. The van der Waals surface area contributed by atoms with Crippen molar-refractivity contribution in [3.63, 3.8) is 0 Å². The Morgan fingerprint density at radius 1 is 1.05 bits per heavy atom. The molecule has 0 spiro atoms. The summed E-state index contributed by atoms with van der Waals surface area (Å²) in [7, 11) is 0. The molecule has 0 heterocycles. The van der Waals surface area contributed by atoms with Crippen molar-refractivity contribution in [1.29, 1.82) is 0 Å². The molecular formula is C19H24O3. The number of hydrogen-bond donors (Lipinski definition) is 2. The van der Waals surface area contributed by atoms with Gasteiger partial charge in [0.2, 0.25) is 0 Å². The third kappa shape index (κ3) is 3.79. The number of aromatic hydroxyl groups is 1. The number of phenols is 1. The summed E-state index contributed by atoms with van der Waals surface area (Å²) in [5.41, 5.74) is 0.769. The largest absolute Gasteiger partial charge is 0.507 e. The third-order valence-electron chi connectivity index (χ3n) is 4.14. The summed E-state index contributed by atoms with van der Waals surface area (Å²) in [5, 5.41) is 21.4. The Balaban J connectivity index is 2.19. The van der Waals surface area contributed by atoms with Crippen LogP contribution in [0.3, 0.4) is 0 Å². The van der Waals surface area contributed by atoms with Crippen molar-refractivity contribution in [2.45, 2.75) is 51.9 Å². The molecule has 0 fully saturated rings. The van der Waals surface area contributed by atoms with E-state index in [9.17, 15) is 15.0 Å². The molecule has 0 saturated heterocycles. The van der Waals surface area contributed by atoms with E-state index < -0.39 is 5.97 Å². The van der Waals surface area contributed by atoms with Crippen molar-refractivity contribution in [3.8, 4) is 5.75 Å². The van der Waals surface area contributed by atoms with Gasteiger partial charge in [-0.3, -0.25) is 0 Å². The lowest BCUT2D eigenvalue weighted by molar-refractivity contribution is 0.0693. The van der Waals surface area contributed by atoms with Gasteiger partial charge in [0.05, 0.1) is 0 Å². The van der Waals surface area contributed by atoms with Crippen molar-refractivity contribution in [2.75, 3.05) is 0 Å². The van der Waals surface area contributed by atoms with Gasteiger partial charge < -0.3 is 10.2 Å². The fraction of sp³-hybridized carbons (Fsp3) is 0.421. The molecule has 0 aromatic heterocycles. The van der Waals surface area contributed by atoms with E-state index >= 15 is 0 Å². The number of benzene rings is 2. The van der Waals surface area contributed by atoms with Gasteiger partial charge in [-0.2, -0.15) is 0 Å². The van der Waals surface area contributed by atoms with Gasteiger partial charge in [0, 0.05) is 5.56 Å². The van der Waals surface area contributed by atoms with E-state index in [-0.39, 0.29) is 11.3 Å². The van der Waals surface area contributed by atoms with E-state index in [4.69, 9.17) is 0 Å². The van der Waals surface area contributed by atoms with E-state index in [1.807, 2.05) is 24.3 Å². The second-order valence-corrected chi connectivity index (χ2v) is 5.80. The number of rotatable bonds is 8. The summed E-state index contributed by atoms with van der Waals surface area (Å²) >= 11 is 0. The molecule has 2 aromatic rings. The van der Waals surface area contributed by atoms with Crippen LogP contribution in [0.25, 0.3) is 10.8 Å². The number of carboxylic acid groups (broad SMARTS) is 1. The quantitative estimate of drug-likeness (QED) is 0.663. The van der Waals surface area contributed by atoms with Crippen molar-refractivity contribution in [2.24, 2.45) is 0 Å². The van der Waals surface area contributed by atoms with Crippen LogP contribution in [0.4, 0.5) is 0 Å². The highest BCUT2D eigenvalue weighted by Crippen LogP contribution is 2.32. The lowest BCUT2D eigenvalue weighted by Gasteiger charge is -2.12. The van der Waals surface area contributed by atoms with Crippen LogP contribution in [-0.2, 0) is 6.42 Å². The molecule has 0 aliphatic heterocycles. The Bertz CT molecular complexity index is 646. The van der Waals surface area contributed by atoms with Crippen LogP contribution in [0.2, 0.25) is 0 Å². The Kier molecular flexibility index (Phi) is 5.82. The van der Waals surface area contributed by atoms with Gasteiger partial charge in [-0.1, -0.05) is 63.3 Å². The molecule has 0 amide bonds. The topological polar surface area (TPSA) is 57.5 Å². The normalized spacial score (nSPS) is 11.0.